The van der Waals surface area contributed by atoms with Gasteiger partial charge in [0.1, 0.15) is 17.1 Å². The largest absolute Gasteiger partial charge is 0.508 e. The molecule has 5 nitrogen and oxygen atoms in total. The van der Waals surface area contributed by atoms with Crippen molar-refractivity contribution in [1.29, 1.82) is 0 Å². The topological polar surface area (TPSA) is 94.8 Å². The van der Waals surface area contributed by atoms with Crippen LogP contribution < -0.4 is 0 Å². The standard InChI is InChI=1S/C33H40O5/c1-9-10-11-12-13-22-14-23(18(2)3)24-15-31(7)17-32(8)16-25(35)27(21(6)34)29(36)33(32,38)30(37)28(31)20(5)26(24)19(22)4/h14,18,36-38H,5,9-11,15-17H2,1-4,6-8H3/t31-,32+,33+/m1/s1. The summed E-state index contributed by atoms with van der Waals surface area (Å²) in [7, 11) is 0. The van der Waals surface area contributed by atoms with Gasteiger partial charge in [0, 0.05) is 34.8 Å². The van der Waals surface area contributed by atoms with Gasteiger partial charge in [-0.25, -0.2) is 0 Å². The third-order valence-corrected chi connectivity index (χ3v) is 9.00. The minimum absolute atomic E-state index is 0.156. The quantitative estimate of drug-likeness (QED) is 0.239. The number of aliphatic hydroxyl groups is 3. The van der Waals surface area contributed by atoms with E-state index in [0.717, 1.165) is 41.5 Å². The first-order valence-corrected chi connectivity index (χ1v) is 13.6. The Balaban J connectivity index is 2.01. The summed E-state index contributed by atoms with van der Waals surface area (Å²) in [6.45, 7) is 17.8. The van der Waals surface area contributed by atoms with E-state index in [9.17, 15) is 24.9 Å². The molecule has 3 N–H and O–H groups in total. The molecule has 202 valence electrons. The van der Waals surface area contributed by atoms with Crippen molar-refractivity contribution in [3.05, 3.63) is 63.1 Å². The third-order valence-electron chi connectivity index (χ3n) is 9.00. The first kappa shape index (κ1) is 27.9. The smallest absolute Gasteiger partial charge is 0.185 e. The van der Waals surface area contributed by atoms with Gasteiger partial charge in [0.25, 0.3) is 0 Å². The second-order valence-electron chi connectivity index (χ2n) is 12.3. The van der Waals surface area contributed by atoms with Crippen LogP contribution in [0.5, 0.6) is 0 Å². The number of rotatable bonds is 4. The number of carbonyl (C=O) groups is 2. The molecule has 1 aromatic rings. The lowest BCUT2D eigenvalue weighted by Crippen LogP contribution is -2.60. The summed E-state index contributed by atoms with van der Waals surface area (Å²) in [6.07, 6.45) is 3.70. The summed E-state index contributed by atoms with van der Waals surface area (Å²) >= 11 is 0. The number of ketones is 2. The van der Waals surface area contributed by atoms with Crippen molar-refractivity contribution in [1.82, 2.24) is 0 Å². The van der Waals surface area contributed by atoms with Crippen LogP contribution in [-0.4, -0.2) is 32.5 Å². The number of hydrogen-bond donors (Lipinski definition) is 3. The number of fused-ring (bicyclic) bond motifs is 3. The molecule has 0 heterocycles. The molecule has 0 spiro atoms. The number of carbonyl (C=O) groups excluding carboxylic acids is 2. The molecule has 0 aliphatic heterocycles. The van der Waals surface area contributed by atoms with Crippen molar-refractivity contribution < 1.29 is 24.9 Å². The van der Waals surface area contributed by atoms with Gasteiger partial charge >= 0.3 is 0 Å². The van der Waals surface area contributed by atoms with Crippen molar-refractivity contribution >= 4 is 17.1 Å². The highest BCUT2D eigenvalue weighted by molar-refractivity contribution is 6.21. The molecule has 4 rings (SSSR count). The van der Waals surface area contributed by atoms with Gasteiger partial charge < -0.3 is 15.3 Å². The van der Waals surface area contributed by atoms with Gasteiger partial charge in [0.05, 0.1) is 0 Å². The van der Waals surface area contributed by atoms with Crippen LogP contribution in [0.4, 0.5) is 0 Å². The summed E-state index contributed by atoms with van der Waals surface area (Å²) in [6, 6.07) is 2.18. The number of allylic oxidation sites excluding steroid dienone is 3. The molecular weight excluding hydrogens is 476 g/mol. The monoisotopic (exact) mass is 516 g/mol. The van der Waals surface area contributed by atoms with Crippen LogP contribution in [0.25, 0.3) is 5.57 Å². The van der Waals surface area contributed by atoms with Crippen molar-refractivity contribution in [3.8, 4) is 11.8 Å². The van der Waals surface area contributed by atoms with Crippen molar-refractivity contribution in [3.63, 3.8) is 0 Å². The fourth-order valence-corrected chi connectivity index (χ4v) is 7.23. The lowest BCUT2D eigenvalue weighted by atomic mass is 9.48. The highest BCUT2D eigenvalue weighted by Gasteiger charge is 2.66. The maximum atomic E-state index is 13.0. The van der Waals surface area contributed by atoms with E-state index in [1.165, 1.54) is 12.5 Å². The lowest BCUT2D eigenvalue weighted by molar-refractivity contribution is -0.141. The Kier molecular flexibility index (Phi) is 6.81. The first-order valence-electron chi connectivity index (χ1n) is 13.6. The maximum absolute atomic E-state index is 13.0. The van der Waals surface area contributed by atoms with Gasteiger partial charge in [-0.2, -0.15) is 0 Å². The molecule has 0 bridgehead atoms. The average molecular weight is 517 g/mol. The Labute approximate surface area is 226 Å². The van der Waals surface area contributed by atoms with Crippen molar-refractivity contribution in [2.24, 2.45) is 10.8 Å². The van der Waals surface area contributed by atoms with Gasteiger partial charge in [-0.05, 0) is 72.9 Å². The van der Waals surface area contributed by atoms with E-state index in [1.54, 1.807) is 6.92 Å². The van der Waals surface area contributed by atoms with Crippen LogP contribution in [-0.2, 0) is 16.0 Å². The molecule has 3 atom stereocenters. The molecule has 3 aliphatic rings. The summed E-state index contributed by atoms with van der Waals surface area (Å²) in [5.41, 5.74) is 1.67. The summed E-state index contributed by atoms with van der Waals surface area (Å²) in [5, 5.41) is 35.0. The molecule has 3 aliphatic carbocycles. The fourth-order valence-electron chi connectivity index (χ4n) is 7.23. The van der Waals surface area contributed by atoms with E-state index >= 15 is 0 Å². The van der Waals surface area contributed by atoms with E-state index in [0.29, 0.717) is 24.0 Å². The van der Waals surface area contributed by atoms with Gasteiger partial charge in [0.15, 0.2) is 17.2 Å². The van der Waals surface area contributed by atoms with Crippen LogP contribution in [0.15, 0.2) is 35.3 Å². The second kappa shape index (κ2) is 9.27. The summed E-state index contributed by atoms with van der Waals surface area (Å²) < 4.78 is 0. The summed E-state index contributed by atoms with van der Waals surface area (Å²) in [4.78, 5) is 25.2. The van der Waals surface area contributed by atoms with Crippen molar-refractivity contribution in [2.75, 3.05) is 0 Å². The van der Waals surface area contributed by atoms with Crippen LogP contribution in [0.2, 0.25) is 0 Å². The van der Waals surface area contributed by atoms with Gasteiger partial charge in [-0.15, -0.1) is 0 Å². The Morgan fingerprint density at radius 3 is 2.42 bits per heavy atom. The number of hydrogen-bond acceptors (Lipinski definition) is 5. The molecule has 0 unspecified atom stereocenters. The Bertz CT molecular complexity index is 1390. The highest BCUT2D eigenvalue weighted by atomic mass is 16.4. The molecular formula is C33H40O5. The molecule has 0 radical (unpaired) electrons. The minimum atomic E-state index is -2.26. The van der Waals surface area contributed by atoms with Gasteiger partial charge in [0.2, 0.25) is 0 Å². The normalized spacial score (nSPS) is 28.6. The van der Waals surface area contributed by atoms with Gasteiger partial charge in [-0.3, -0.25) is 9.59 Å². The van der Waals surface area contributed by atoms with Crippen LogP contribution in [0.1, 0.15) is 107 Å². The number of Topliss-reactive ketones (excluding diaryl/α,β-unsaturated/α-hetero) is 2. The zero-order valence-corrected chi connectivity index (χ0v) is 23.8. The molecule has 0 aromatic heterocycles. The third kappa shape index (κ3) is 3.80. The Hall–Kier alpha value is -3.10. The number of unbranched alkanes of at least 4 members (excludes halogenated alkanes) is 2. The highest BCUT2D eigenvalue weighted by Crippen LogP contribution is 2.64. The molecule has 5 heteroatoms. The average Bonchev–Trinajstić information content (AvgIpc) is 2.79. The number of benzene rings is 1. The molecule has 1 aromatic carbocycles. The maximum Gasteiger partial charge on any atom is 0.185 e. The Morgan fingerprint density at radius 1 is 1.18 bits per heavy atom. The van der Waals surface area contributed by atoms with Crippen LogP contribution in [0, 0.1) is 29.6 Å². The first-order chi connectivity index (χ1) is 17.6. The SMILES string of the molecule is C=C1C2=C(O)[C@@]3(O)C(O)=C(C(C)=O)C(=O)C[C@@]3(C)C[C@@]2(C)Cc2c(C(C)C)cc(C#CCCCC)c(C)c21. The minimum Gasteiger partial charge on any atom is -0.508 e. The Morgan fingerprint density at radius 2 is 1.84 bits per heavy atom. The molecule has 0 saturated carbocycles. The van der Waals surface area contributed by atoms with Gasteiger partial charge in [-0.1, -0.05) is 59.5 Å². The van der Waals surface area contributed by atoms with E-state index in [2.05, 4.69) is 45.3 Å². The zero-order chi connectivity index (χ0) is 28.4. The van der Waals surface area contributed by atoms with E-state index < -0.39 is 45.1 Å². The van der Waals surface area contributed by atoms with Crippen LogP contribution >= 0.6 is 0 Å². The van der Waals surface area contributed by atoms with E-state index in [1.807, 2.05) is 13.8 Å². The van der Waals surface area contributed by atoms with E-state index in [-0.39, 0.29) is 12.3 Å². The fraction of sp³-hybridized carbons (Fsp3) is 0.515. The molecule has 0 saturated heterocycles. The lowest BCUT2D eigenvalue weighted by Gasteiger charge is -2.57. The molecule has 0 fully saturated rings. The van der Waals surface area contributed by atoms with Crippen LogP contribution in [0.3, 0.4) is 0 Å². The van der Waals surface area contributed by atoms with E-state index in [4.69, 9.17) is 0 Å². The van der Waals surface area contributed by atoms with Crippen molar-refractivity contribution in [2.45, 2.75) is 98.5 Å². The molecule has 0 amide bonds. The predicted octanol–water partition coefficient (Wildman–Crippen LogP) is 6.56. The number of aliphatic hydroxyl groups excluding tert-OH is 2. The second-order valence-corrected chi connectivity index (χ2v) is 12.3. The summed E-state index contributed by atoms with van der Waals surface area (Å²) in [5.74, 6) is 4.55. The zero-order valence-electron chi connectivity index (χ0n) is 23.8. The molecule has 38 heavy (non-hydrogen) atoms. The predicted molar refractivity (Wildman–Crippen MR) is 150 cm³/mol.